The molecule has 0 atom stereocenters. The zero-order chi connectivity index (χ0) is 24.6. The van der Waals surface area contributed by atoms with Crippen molar-refractivity contribution >= 4 is 45.1 Å². The van der Waals surface area contributed by atoms with Crippen molar-refractivity contribution in [3.8, 4) is 11.5 Å². The number of rotatable bonds is 13. The minimum Gasteiger partial charge on any atom is -0.467 e. The molecule has 2 aromatic carbocycles. The molecule has 0 N–H and O–H groups in total. The molecule has 0 radical (unpaired) electrons. The average molecular weight is 507 g/mol. The van der Waals surface area contributed by atoms with Crippen molar-refractivity contribution in [3.05, 3.63) is 36.4 Å². The van der Waals surface area contributed by atoms with Gasteiger partial charge < -0.3 is 18.9 Å². The van der Waals surface area contributed by atoms with E-state index in [4.69, 9.17) is 18.9 Å². The molecule has 2 aromatic rings. The van der Waals surface area contributed by atoms with Crippen LogP contribution in [-0.4, -0.2) is 50.1 Å². The molecule has 0 fully saturated rings. The number of hydrogen-bond donors (Lipinski definition) is 0. The van der Waals surface area contributed by atoms with Gasteiger partial charge in [-0.25, -0.2) is 0 Å². The van der Waals surface area contributed by atoms with Crippen molar-refractivity contribution in [1.82, 2.24) is 0 Å². The Labute approximate surface area is 204 Å². The molecule has 0 amide bonds. The van der Waals surface area contributed by atoms with E-state index < -0.39 is 24.1 Å². The lowest BCUT2D eigenvalue weighted by molar-refractivity contribution is 0.0525. The van der Waals surface area contributed by atoms with E-state index in [1.165, 1.54) is 21.0 Å². The van der Waals surface area contributed by atoms with Crippen LogP contribution in [-0.2, 0) is 9.47 Å². The minimum absolute atomic E-state index is 0.257. The summed E-state index contributed by atoms with van der Waals surface area (Å²) < 4.78 is 23.3. The number of ether oxygens (including phenoxy) is 4. The van der Waals surface area contributed by atoms with Crippen LogP contribution in [0.5, 0.6) is 11.5 Å². The molecule has 33 heavy (non-hydrogen) atoms. The predicted octanol–water partition coefficient (Wildman–Crippen LogP) is 4.98. The zero-order valence-corrected chi connectivity index (χ0v) is 25.0. The van der Waals surface area contributed by atoms with Crippen LogP contribution in [0, 0.1) is 0 Å². The van der Waals surface area contributed by atoms with Crippen molar-refractivity contribution in [2.45, 2.75) is 59.0 Å². The Bertz CT molecular complexity index is 821. The first-order chi connectivity index (χ1) is 15.6. The van der Waals surface area contributed by atoms with Gasteiger partial charge in [-0.3, -0.25) is 0 Å². The van der Waals surface area contributed by atoms with Gasteiger partial charge in [0, 0.05) is 24.8 Å². The van der Waals surface area contributed by atoms with Crippen molar-refractivity contribution in [3.63, 3.8) is 0 Å². The molecule has 0 unspecified atom stereocenters. The molecule has 0 aliphatic heterocycles. The predicted molar refractivity (Wildman–Crippen MR) is 150 cm³/mol. The van der Waals surface area contributed by atoms with Gasteiger partial charge in [0.15, 0.2) is 13.6 Å². The fraction of sp³-hybridized carbons (Fsp3) is 0.538. The molecule has 0 saturated heterocycles. The summed E-state index contributed by atoms with van der Waals surface area (Å²) in [5, 5.41) is 5.29. The van der Waals surface area contributed by atoms with Gasteiger partial charge in [0.05, 0.1) is 16.1 Å². The largest absolute Gasteiger partial charge is 0.467 e. The summed E-state index contributed by atoms with van der Waals surface area (Å²) in [5.41, 5.74) is 0. The molecule has 4 nitrogen and oxygen atoms in total. The lowest BCUT2D eigenvalue weighted by atomic mass is 10.3. The Kier molecular flexibility index (Phi) is 10.6. The van der Waals surface area contributed by atoms with Crippen molar-refractivity contribution < 1.29 is 18.9 Å². The lowest BCUT2D eigenvalue weighted by Crippen LogP contribution is -2.42. The van der Waals surface area contributed by atoms with E-state index in [0.717, 1.165) is 30.5 Å². The third-order valence-corrected chi connectivity index (χ3v) is 12.2. The Morgan fingerprint density at radius 3 is 1.45 bits per heavy atom. The summed E-state index contributed by atoms with van der Waals surface area (Å²) >= 11 is 0. The smallest absolute Gasteiger partial charge is 0.188 e. The number of methoxy groups -OCH3 is 2. The van der Waals surface area contributed by atoms with Gasteiger partial charge in [-0.05, 0) is 30.9 Å². The standard InChI is InChI=1S/C26H43O4PSi2/c1-10-11-18-31(21-14-12-16-23(32(4,5)6)25(21)29-19-27-2)22-15-13-17-24(33(7,8)9)26(22)30-20-28-3/h12-17H,10-11,18-20H2,1-9H3. The highest BCUT2D eigenvalue weighted by molar-refractivity contribution is 7.73. The number of para-hydroxylation sites is 2. The van der Waals surface area contributed by atoms with E-state index in [2.05, 4.69) is 82.6 Å². The molecule has 0 saturated carbocycles. The molecule has 0 spiro atoms. The second-order valence-electron chi connectivity index (χ2n) is 10.4. The normalized spacial score (nSPS) is 12.3. The second kappa shape index (κ2) is 12.5. The molecule has 0 bridgehead atoms. The van der Waals surface area contributed by atoms with Crippen LogP contribution < -0.4 is 30.5 Å². The summed E-state index contributed by atoms with van der Waals surface area (Å²) in [6, 6.07) is 13.4. The van der Waals surface area contributed by atoms with Gasteiger partial charge in [0.2, 0.25) is 0 Å². The molecule has 0 heterocycles. The van der Waals surface area contributed by atoms with Crippen molar-refractivity contribution in [2.75, 3.05) is 34.0 Å². The monoisotopic (exact) mass is 506 g/mol. The summed E-state index contributed by atoms with van der Waals surface area (Å²) in [7, 11) is -0.559. The lowest BCUT2D eigenvalue weighted by Gasteiger charge is -2.30. The highest BCUT2D eigenvalue weighted by Gasteiger charge is 2.30. The minimum atomic E-state index is -1.63. The van der Waals surface area contributed by atoms with Crippen LogP contribution in [0.3, 0.4) is 0 Å². The fourth-order valence-corrected chi connectivity index (χ4v) is 9.83. The molecule has 0 aliphatic rings. The van der Waals surface area contributed by atoms with Crippen molar-refractivity contribution in [2.24, 2.45) is 0 Å². The third kappa shape index (κ3) is 7.40. The van der Waals surface area contributed by atoms with Crippen LogP contribution >= 0.6 is 7.92 Å². The van der Waals surface area contributed by atoms with Crippen molar-refractivity contribution in [1.29, 1.82) is 0 Å². The number of unbranched alkanes of at least 4 members (excludes halogenated alkanes) is 1. The molecule has 0 aliphatic carbocycles. The van der Waals surface area contributed by atoms with Gasteiger partial charge in [-0.15, -0.1) is 0 Å². The zero-order valence-electron chi connectivity index (χ0n) is 22.1. The topological polar surface area (TPSA) is 36.9 Å². The first-order valence-corrected chi connectivity index (χ1v) is 20.4. The average Bonchev–Trinajstić information content (AvgIpc) is 2.75. The first kappa shape index (κ1) is 28.1. The molecule has 184 valence electrons. The summed E-state index contributed by atoms with van der Waals surface area (Å²) in [4.78, 5) is 0. The van der Waals surface area contributed by atoms with Gasteiger partial charge in [0.25, 0.3) is 0 Å². The maximum atomic E-state index is 6.32. The molecular formula is C26H43O4PSi2. The Hall–Kier alpha value is -1.18. The maximum absolute atomic E-state index is 6.32. The van der Waals surface area contributed by atoms with E-state index in [1.807, 2.05) is 0 Å². The summed E-state index contributed by atoms with van der Waals surface area (Å²) in [6.07, 6.45) is 3.42. The number of hydrogen-bond acceptors (Lipinski definition) is 4. The fourth-order valence-electron chi connectivity index (χ4n) is 3.88. The maximum Gasteiger partial charge on any atom is 0.188 e. The van der Waals surface area contributed by atoms with Crippen LogP contribution in [0.15, 0.2) is 36.4 Å². The highest BCUT2D eigenvalue weighted by Crippen LogP contribution is 2.41. The van der Waals surface area contributed by atoms with Gasteiger partial charge >= 0.3 is 0 Å². The Balaban J connectivity index is 2.79. The second-order valence-corrected chi connectivity index (χ2v) is 22.8. The summed E-state index contributed by atoms with van der Waals surface area (Å²) in [6.45, 7) is 17.0. The highest BCUT2D eigenvalue weighted by atomic mass is 31.1. The molecular weight excluding hydrogens is 463 g/mol. The Morgan fingerprint density at radius 1 is 0.697 bits per heavy atom. The van der Waals surface area contributed by atoms with Crippen LogP contribution in [0.1, 0.15) is 19.8 Å². The van der Waals surface area contributed by atoms with Gasteiger partial charge in [-0.2, -0.15) is 0 Å². The van der Waals surface area contributed by atoms with Crippen LogP contribution in [0.4, 0.5) is 0 Å². The van der Waals surface area contributed by atoms with E-state index in [0.29, 0.717) is 0 Å². The number of benzene rings is 2. The third-order valence-electron chi connectivity index (χ3n) is 5.56. The molecule has 2 rings (SSSR count). The van der Waals surface area contributed by atoms with Crippen LogP contribution in [0.25, 0.3) is 0 Å². The quantitative estimate of drug-likeness (QED) is 0.218. The summed E-state index contributed by atoms with van der Waals surface area (Å²) in [5.74, 6) is 2.05. The van der Waals surface area contributed by atoms with E-state index in [1.54, 1.807) is 14.2 Å². The first-order valence-electron chi connectivity index (χ1n) is 11.8. The SMILES string of the molecule is CCCCP(c1cccc([Si](C)(C)C)c1OCOC)c1cccc([Si](C)(C)C)c1OCOC. The van der Waals surface area contributed by atoms with Gasteiger partial charge in [-0.1, -0.05) is 89.0 Å². The van der Waals surface area contributed by atoms with Crippen LogP contribution in [0.2, 0.25) is 39.3 Å². The van der Waals surface area contributed by atoms with E-state index >= 15 is 0 Å². The van der Waals surface area contributed by atoms with Gasteiger partial charge in [0.1, 0.15) is 11.5 Å². The molecule has 7 heteroatoms. The van der Waals surface area contributed by atoms with E-state index in [-0.39, 0.29) is 13.6 Å². The molecule has 0 aromatic heterocycles. The van der Waals surface area contributed by atoms with E-state index in [9.17, 15) is 0 Å². The Morgan fingerprint density at radius 2 is 1.12 bits per heavy atom.